The molecule has 0 radical (unpaired) electrons. The second-order valence-electron chi connectivity index (χ2n) is 7.33. The van der Waals surface area contributed by atoms with Crippen LogP contribution in [-0.2, 0) is 26.0 Å². The smallest absolute Gasteiger partial charge is 0.306 e. The van der Waals surface area contributed by atoms with Gasteiger partial charge in [-0.1, -0.05) is 12.1 Å². The number of aromatic nitrogens is 2. The molecule has 0 saturated carbocycles. The largest absolute Gasteiger partial charge is 0.454 e. The minimum atomic E-state index is -3.41. The van der Waals surface area contributed by atoms with Crippen LogP contribution in [0.3, 0.4) is 0 Å². The standard InChI is InChI=1S/C22H23N3O6S/c1-14(21(27)15-10-12-16(13-11-15)25-32(2,29)30)31-20(26)9-5-8-19-23-18-7-4-3-6-17(18)22(28)24-19/h3-4,6-7,10-14,25H,5,8-9H2,1-2H3,(H,23,24,28). The number of H-pyrrole nitrogens is 1. The fraction of sp³-hybridized carbons (Fsp3) is 0.273. The third-order valence-corrected chi connectivity index (χ3v) is 5.21. The highest BCUT2D eigenvalue weighted by Gasteiger charge is 2.19. The normalized spacial score (nSPS) is 12.3. The van der Waals surface area contributed by atoms with E-state index in [9.17, 15) is 22.8 Å². The van der Waals surface area contributed by atoms with Crippen LogP contribution in [0.25, 0.3) is 10.9 Å². The molecule has 32 heavy (non-hydrogen) atoms. The molecule has 2 N–H and O–H groups in total. The van der Waals surface area contributed by atoms with Crippen LogP contribution in [0.2, 0.25) is 0 Å². The zero-order chi connectivity index (χ0) is 23.3. The van der Waals surface area contributed by atoms with Gasteiger partial charge >= 0.3 is 5.97 Å². The van der Waals surface area contributed by atoms with Crippen LogP contribution in [-0.4, -0.2) is 42.5 Å². The molecule has 10 heteroatoms. The Morgan fingerprint density at radius 3 is 2.50 bits per heavy atom. The monoisotopic (exact) mass is 457 g/mol. The molecule has 0 aliphatic rings. The number of Topliss-reactive ketones (excluding diaryl/α,β-unsaturated/α-hetero) is 1. The summed E-state index contributed by atoms with van der Waals surface area (Å²) in [6.07, 6.45) is 0.876. The second-order valence-corrected chi connectivity index (χ2v) is 9.08. The second kappa shape index (κ2) is 9.73. The van der Waals surface area contributed by atoms with Crippen molar-refractivity contribution in [3.63, 3.8) is 0 Å². The minimum Gasteiger partial charge on any atom is -0.454 e. The average Bonchev–Trinajstić information content (AvgIpc) is 2.72. The number of ether oxygens (including phenoxy) is 1. The summed E-state index contributed by atoms with van der Waals surface area (Å²) >= 11 is 0. The Hall–Kier alpha value is -3.53. The van der Waals surface area contributed by atoms with Gasteiger partial charge in [-0.3, -0.25) is 19.1 Å². The van der Waals surface area contributed by atoms with Gasteiger partial charge in [0.15, 0.2) is 6.10 Å². The highest BCUT2D eigenvalue weighted by Crippen LogP contribution is 2.14. The molecule has 1 heterocycles. The summed E-state index contributed by atoms with van der Waals surface area (Å²) in [6.45, 7) is 1.48. The zero-order valence-corrected chi connectivity index (χ0v) is 18.4. The molecule has 0 amide bonds. The maximum absolute atomic E-state index is 12.5. The number of esters is 1. The predicted molar refractivity (Wildman–Crippen MR) is 120 cm³/mol. The van der Waals surface area contributed by atoms with E-state index in [4.69, 9.17) is 4.74 Å². The van der Waals surface area contributed by atoms with Gasteiger partial charge in [-0.2, -0.15) is 0 Å². The Bertz CT molecular complexity index is 1300. The van der Waals surface area contributed by atoms with Crippen molar-refractivity contribution >= 4 is 38.4 Å². The van der Waals surface area contributed by atoms with Crippen molar-refractivity contribution in [1.82, 2.24) is 9.97 Å². The zero-order valence-electron chi connectivity index (χ0n) is 17.6. The topological polar surface area (TPSA) is 135 Å². The molecule has 1 unspecified atom stereocenters. The summed E-state index contributed by atoms with van der Waals surface area (Å²) in [4.78, 5) is 43.8. The molecule has 0 saturated heterocycles. The number of sulfonamides is 1. The highest BCUT2D eigenvalue weighted by molar-refractivity contribution is 7.92. The van der Waals surface area contributed by atoms with Crippen LogP contribution in [0.1, 0.15) is 35.9 Å². The van der Waals surface area contributed by atoms with Gasteiger partial charge in [0.1, 0.15) is 5.82 Å². The Morgan fingerprint density at radius 1 is 1.12 bits per heavy atom. The number of ketones is 1. The van der Waals surface area contributed by atoms with E-state index in [2.05, 4.69) is 14.7 Å². The van der Waals surface area contributed by atoms with Gasteiger partial charge in [-0.05, 0) is 49.7 Å². The molecule has 9 nitrogen and oxygen atoms in total. The third-order valence-electron chi connectivity index (χ3n) is 4.61. The maximum Gasteiger partial charge on any atom is 0.306 e. The molecular formula is C22H23N3O6S. The van der Waals surface area contributed by atoms with Gasteiger partial charge in [-0.25, -0.2) is 13.4 Å². The number of benzene rings is 2. The van der Waals surface area contributed by atoms with Crippen molar-refractivity contribution in [1.29, 1.82) is 0 Å². The summed E-state index contributed by atoms with van der Waals surface area (Å²) in [5.41, 5.74) is 0.979. The number of nitrogens with one attached hydrogen (secondary N) is 2. The lowest BCUT2D eigenvalue weighted by atomic mass is 10.1. The summed E-state index contributed by atoms with van der Waals surface area (Å²) in [5.74, 6) is -0.456. The number of aromatic amines is 1. The summed E-state index contributed by atoms with van der Waals surface area (Å²) in [5, 5.41) is 0.503. The van der Waals surface area contributed by atoms with Crippen molar-refractivity contribution in [3.05, 3.63) is 70.3 Å². The van der Waals surface area contributed by atoms with Crippen molar-refractivity contribution in [2.75, 3.05) is 11.0 Å². The molecular weight excluding hydrogens is 434 g/mol. The molecule has 3 rings (SSSR count). The van der Waals surface area contributed by atoms with E-state index in [1.54, 1.807) is 24.3 Å². The molecule has 0 aliphatic heterocycles. The van der Waals surface area contributed by atoms with Crippen LogP contribution in [0.15, 0.2) is 53.3 Å². The number of hydrogen-bond acceptors (Lipinski definition) is 7. The van der Waals surface area contributed by atoms with E-state index >= 15 is 0 Å². The molecule has 0 spiro atoms. The van der Waals surface area contributed by atoms with Crippen molar-refractivity contribution in [2.45, 2.75) is 32.3 Å². The first kappa shape index (κ1) is 23.1. The fourth-order valence-electron chi connectivity index (χ4n) is 3.11. The Morgan fingerprint density at radius 2 is 1.81 bits per heavy atom. The maximum atomic E-state index is 12.5. The molecule has 1 atom stereocenters. The Balaban J connectivity index is 1.51. The van der Waals surface area contributed by atoms with Crippen molar-refractivity contribution in [2.24, 2.45) is 0 Å². The Kier molecular flexibility index (Phi) is 7.04. The highest BCUT2D eigenvalue weighted by atomic mass is 32.2. The summed E-state index contributed by atoms with van der Waals surface area (Å²) < 4.78 is 30.0. The van der Waals surface area contributed by atoms with E-state index in [0.717, 1.165) is 6.26 Å². The minimum absolute atomic E-state index is 0.0609. The molecule has 1 aromatic heterocycles. The lowest BCUT2D eigenvalue weighted by Crippen LogP contribution is -2.24. The Labute approximate surface area is 184 Å². The quantitative estimate of drug-likeness (QED) is 0.372. The summed E-state index contributed by atoms with van der Waals surface area (Å²) in [7, 11) is -3.41. The van der Waals surface area contributed by atoms with Gasteiger partial charge < -0.3 is 9.72 Å². The first-order valence-electron chi connectivity index (χ1n) is 9.92. The van der Waals surface area contributed by atoms with Crippen molar-refractivity contribution < 1.29 is 22.7 Å². The lowest BCUT2D eigenvalue weighted by Gasteiger charge is -2.13. The molecule has 0 fully saturated rings. The predicted octanol–water partition coefficient (Wildman–Crippen LogP) is 2.43. The molecule has 3 aromatic rings. The van der Waals surface area contributed by atoms with Gasteiger partial charge in [0.05, 0.1) is 17.2 Å². The van der Waals surface area contributed by atoms with E-state index in [-0.39, 0.29) is 12.0 Å². The summed E-state index contributed by atoms with van der Waals surface area (Å²) in [6, 6.07) is 12.8. The number of para-hydroxylation sites is 1. The van der Waals surface area contributed by atoms with Crippen LogP contribution < -0.4 is 10.3 Å². The number of carbonyl (C=O) groups is 2. The number of carbonyl (C=O) groups excluding carboxylic acids is 2. The average molecular weight is 458 g/mol. The molecule has 0 aliphatic carbocycles. The third kappa shape index (κ3) is 6.24. The number of fused-ring (bicyclic) bond motifs is 1. The number of hydrogen-bond donors (Lipinski definition) is 2. The van der Waals surface area contributed by atoms with E-state index in [1.165, 1.54) is 31.2 Å². The van der Waals surface area contributed by atoms with Crippen molar-refractivity contribution in [3.8, 4) is 0 Å². The van der Waals surface area contributed by atoms with Crippen LogP contribution in [0, 0.1) is 0 Å². The van der Waals surface area contributed by atoms with E-state index in [0.29, 0.717) is 40.8 Å². The first-order valence-corrected chi connectivity index (χ1v) is 11.8. The van der Waals surface area contributed by atoms with Crippen LogP contribution >= 0.6 is 0 Å². The first-order chi connectivity index (χ1) is 15.1. The van der Waals surface area contributed by atoms with E-state index < -0.39 is 27.9 Å². The van der Waals surface area contributed by atoms with Crippen LogP contribution in [0.5, 0.6) is 0 Å². The number of aryl methyl sites for hydroxylation is 1. The SMILES string of the molecule is CC(OC(=O)CCCc1nc2ccccc2c(=O)[nH]1)C(=O)c1ccc(NS(C)(=O)=O)cc1. The van der Waals surface area contributed by atoms with Gasteiger partial charge in [0, 0.05) is 24.1 Å². The number of anilines is 1. The molecule has 168 valence electrons. The fourth-order valence-corrected chi connectivity index (χ4v) is 3.68. The van der Waals surface area contributed by atoms with Gasteiger partial charge in [-0.15, -0.1) is 0 Å². The van der Waals surface area contributed by atoms with Gasteiger partial charge in [0.2, 0.25) is 15.8 Å². The lowest BCUT2D eigenvalue weighted by molar-refractivity contribution is -0.146. The van der Waals surface area contributed by atoms with Gasteiger partial charge in [0.25, 0.3) is 5.56 Å². The molecule has 2 aromatic carbocycles. The number of nitrogens with zero attached hydrogens (tertiary/aromatic N) is 1. The van der Waals surface area contributed by atoms with Crippen LogP contribution in [0.4, 0.5) is 5.69 Å². The molecule has 0 bridgehead atoms. The van der Waals surface area contributed by atoms with E-state index in [1.807, 2.05) is 0 Å². The number of rotatable bonds is 9.